The van der Waals surface area contributed by atoms with E-state index in [1.807, 2.05) is 6.26 Å². The molecule has 0 aromatic heterocycles. The first-order valence-corrected chi connectivity index (χ1v) is 12.6. The molecule has 0 bridgehead atoms. The van der Waals surface area contributed by atoms with Crippen LogP contribution in [0.25, 0.3) is 0 Å². The third-order valence-corrected chi connectivity index (χ3v) is 9.79. The van der Waals surface area contributed by atoms with Crippen LogP contribution in [0.3, 0.4) is 0 Å². The summed E-state index contributed by atoms with van der Waals surface area (Å²) in [4.78, 5) is 0. The molecule has 140 valence electrons. The molecule has 0 aliphatic heterocycles. The second-order valence-electron chi connectivity index (χ2n) is 7.93. The minimum Gasteiger partial charge on any atom is -0.415 e. The zero-order valence-electron chi connectivity index (χ0n) is 15.5. The summed E-state index contributed by atoms with van der Waals surface area (Å²) >= 11 is 1.51. The average Bonchev–Trinajstić information content (AvgIpc) is 3.22. The highest BCUT2D eigenvalue weighted by Crippen LogP contribution is 2.36. The summed E-state index contributed by atoms with van der Waals surface area (Å²) in [7, 11) is -1.99. The van der Waals surface area contributed by atoms with Crippen LogP contribution in [0, 0.1) is 17.8 Å². The smallest absolute Gasteiger partial charge is 0.415 e. The van der Waals surface area contributed by atoms with E-state index in [2.05, 4.69) is 51.0 Å². The van der Waals surface area contributed by atoms with Crippen LogP contribution in [-0.2, 0) is 4.43 Å². The highest BCUT2D eigenvalue weighted by Gasteiger charge is 2.41. The van der Waals surface area contributed by atoms with Crippen LogP contribution in [0.2, 0.25) is 18.1 Å². The van der Waals surface area contributed by atoms with Crippen molar-refractivity contribution in [1.29, 1.82) is 0 Å². The third-order valence-electron chi connectivity index (χ3n) is 4.56. The maximum absolute atomic E-state index is 13.3. The molecular weight excluding hydrogens is 351 g/mol. The first kappa shape index (κ1) is 21.9. The van der Waals surface area contributed by atoms with Gasteiger partial charge < -0.3 is 4.43 Å². The summed E-state index contributed by atoms with van der Waals surface area (Å²) in [5, 5.41) is 2.71. The Morgan fingerprint density at radius 1 is 1.25 bits per heavy atom. The Labute approximate surface area is 149 Å². The van der Waals surface area contributed by atoms with Gasteiger partial charge in [-0.15, -0.1) is 0 Å². The first-order chi connectivity index (χ1) is 10.9. The highest BCUT2D eigenvalue weighted by molar-refractivity contribution is 7.98. The molecule has 0 unspecified atom stereocenters. The van der Waals surface area contributed by atoms with Gasteiger partial charge in [-0.05, 0) is 37.2 Å². The molecule has 1 fully saturated rings. The van der Waals surface area contributed by atoms with Gasteiger partial charge in [-0.2, -0.15) is 24.9 Å². The molecule has 1 aliphatic rings. The molecule has 1 N–H and O–H groups in total. The fourth-order valence-electron chi connectivity index (χ4n) is 1.75. The molecule has 0 heterocycles. The van der Waals surface area contributed by atoms with Crippen molar-refractivity contribution in [2.45, 2.75) is 70.0 Å². The molecule has 0 amide bonds. The van der Waals surface area contributed by atoms with Crippen molar-refractivity contribution in [3.63, 3.8) is 0 Å². The molecule has 0 aromatic rings. The van der Waals surface area contributed by atoms with Gasteiger partial charge >= 0.3 is 6.18 Å². The molecule has 0 aromatic carbocycles. The van der Waals surface area contributed by atoms with Gasteiger partial charge in [0.2, 0.25) is 0 Å². The van der Waals surface area contributed by atoms with Crippen molar-refractivity contribution in [2.24, 2.45) is 5.92 Å². The van der Waals surface area contributed by atoms with Gasteiger partial charge in [0.1, 0.15) is 0 Å². The minimum atomic E-state index is -4.37. The van der Waals surface area contributed by atoms with E-state index >= 15 is 0 Å². The number of thioether (sulfide) groups is 1. The van der Waals surface area contributed by atoms with Gasteiger partial charge in [0.05, 0.1) is 6.61 Å². The van der Waals surface area contributed by atoms with E-state index in [-0.39, 0.29) is 23.6 Å². The summed E-state index contributed by atoms with van der Waals surface area (Å²) in [6, 6.07) is -2.15. The van der Waals surface area contributed by atoms with Gasteiger partial charge in [-0.25, -0.2) is 0 Å². The summed E-state index contributed by atoms with van der Waals surface area (Å²) in [5.41, 5.74) is 0. The second-order valence-corrected chi connectivity index (χ2v) is 13.6. The number of alkyl halides is 3. The van der Waals surface area contributed by atoms with Crippen molar-refractivity contribution < 1.29 is 17.6 Å². The highest BCUT2D eigenvalue weighted by atomic mass is 32.2. The fourth-order valence-corrected chi connectivity index (χ4v) is 3.40. The van der Waals surface area contributed by atoms with Crippen molar-refractivity contribution >= 4 is 20.1 Å². The monoisotopic (exact) mass is 381 g/mol. The van der Waals surface area contributed by atoms with Crippen LogP contribution in [0.4, 0.5) is 13.2 Å². The molecule has 0 saturated heterocycles. The average molecular weight is 382 g/mol. The van der Waals surface area contributed by atoms with Crippen LogP contribution in [-0.4, -0.2) is 45.2 Å². The van der Waals surface area contributed by atoms with Crippen LogP contribution in [0.1, 0.15) is 33.6 Å². The van der Waals surface area contributed by atoms with Crippen molar-refractivity contribution in [3.05, 3.63) is 0 Å². The Morgan fingerprint density at radius 2 is 1.83 bits per heavy atom. The predicted octanol–water partition coefficient (Wildman–Crippen LogP) is 4.67. The van der Waals surface area contributed by atoms with Crippen LogP contribution < -0.4 is 5.32 Å². The zero-order valence-corrected chi connectivity index (χ0v) is 17.3. The van der Waals surface area contributed by atoms with Crippen LogP contribution >= 0.6 is 11.8 Å². The standard InChI is InChI=1S/C17H30F3NOSSi/c1-16(2,3)24(5,6)22-11-14(12-23-4)21-15(17(18,19)20)10-9-13-7-8-13/h13-15,21H,7-8,11-12H2,1-6H3/t14-,15+/m1/s1. The van der Waals surface area contributed by atoms with E-state index in [1.165, 1.54) is 11.8 Å². The van der Waals surface area contributed by atoms with E-state index < -0.39 is 20.5 Å². The lowest BCUT2D eigenvalue weighted by molar-refractivity contribution is -0.144. The molecule has 2 atom stereocenters. The van der Waals surface area contributed by atoms with Crippen LogP contribution in [0.5, 0.6) is 0 Å². The fraction of sp³-hybridized carbons (Fsp3) is 0.882. The van der Waals surface area contributed by atoms with Gasteiger partial charge in [0.25, 0.3) is 0 Å². The quantitative estimate of drug-likeness (QED) is 0.511. The second kappa shape index (κ2) is 8.48. The van der Waals surface area contributed by atoms with E-state index in [1.54, 1.807) is 0 Å². The van der Waals surface area contributed by atoms with Gasteiger partial charge in [-0.3, -0.25) is 5.32 Å². The summed E-state index contributed by atoms with van der Waals surface area (Å²) < 4.78 is 45.9. The maximum Gasteiger partial charge on any atom is 0.415 e. The van der Waals surface area contributed by atoms with Gasteiger partial charge in [-0.1, -0.05) is 32.6 Å². The predicted molar refractivity (Wildman–Crippen MR) is 98.8 cm³/mol. The number of rotatable bonds is 7. The number of nitrogens with one attached hydrogen (secondary N) is 1. The molecule has 0 radical (unpaired) electrons. The van der Waals surface area contributed by atoms with E-state index in [0.29, 0.717) is 5.75 Å². The van der Waals surface area contributed by atoms with E-state index in [9.17, 15) is 13.2 Å². The molecule has 24 heavy (non-hydrogen) atoms. The third kappa shape index (κ3) is 7.38. The number of halogens is 3. The molecule has 2 nitrogen and oxygen atoms in total. The lowest BCUT2D eigenvalue weighted by atomic mass is 10.2. The Morgan fingerprint density at radius 3 is 2.25 bits per heavy atom. The SMILES string of the molecule is CSC[C@@H](CO[Si](C)(C)C(C)(C)C)N[C@@H](C#CC1CC1)C(F)(F)F. The molecule has 1 saturated carbocycles. The largest absolute Gasteiger partial charge is 0.415 e. The Bertz CT molecular complexity index is 461. The molecular formula is C17H30F3NOSSi. The molecule has 7 heteroatoms. The summed E-state index contributed by atoms with van der Waals surface area (Å²) in [6.07, 6.45) is -0.643. The minimum absolute atomic E-state index is 0.0338. The molecule has 1 rings (SSSR count). The topological polar surface area (TPSA) is 21.3 Å². The van der Waals surface area contributed by atoms with Crippen molar-refractivity contribution in [1.82, 2.24) is 5.32 Å². The Kier molecular flexibility index (Phi) is 7.73. The van der Waals surface area contributed by atoms with Gasteiger partial charge in [0, 0.05) is 17.7 Å². The lowest BCUT2D eigenvalue weighted by Gasteiger charge is -2.37. The van der Waals surface area contributed by atoms with Gasteiger partial charge in [0.15, 0.2) is 14.4 Å². The summed E-state index contributed by atoms with van der Waals surface area (Å²) in [6.45, 7) is 10.9. The zero-order chi connectivity index (χ0) is 18.6. The normalized spacial score (nSPS) is 18.7. The number of hydrogen-bond donors (Lipinski definition) is 1. The molecule has 0 spiro atoms. The first-order valence-electron chi connectivity index (χ1n) is 8.33. The van der Waals surface area contributed by atoms with E-state index in [0.717, 1.165) is 12.8 Å². The maximum atomic E-state index is 13.3. The lowest BCUT2D eigenvalue weighted by Crippen LogP contribution is -2.51. The Hall–Kier alpha value is -0.163. The Balaban J connectivity index is 2.73. The molecule has 1 aliphatic carbocycles. The van der Waals surface area contributed by atoms with Crippen molar-refractivity contribution in [3.8, 4) is 11.8 Å². The van der Waals surface area contributed by atoms with Crippen molar-refractivity contribution in [2.75, 3.05) is 18.6 Å². The summed E-state index contributed by atoms with van der Waals surface area (Å²) in [5.74, 6) is 5.85. The van der Waals surface area contributed by atoms with E-state index in [4.69, 9.17) is 4.43 Å². The number of hydrogen-bond acceptors (Lipinski definition) is 3. The van der Waals surface area contributed by atoms with Crippen LogP contribution in [0.15, 0.2) is 0 Å².